The van der Waals surface area contributed by atoms with Gasteiger partial charge in [-0.15, -0.1) is 0 Å². The SMILES string of the molecule is CCCCCCCCCCC(CCCCCC)COC. The normalized spacial score (nSPS) is 12.8. The van der Waals surface area contributed by atoms with Crippen LogP contribution in [0.2, 0.25) is 0 Å². The van der Waals surface area contributed by atoms with E-state index < -0.39 is 0 Å². The summed E-state index contributed by atoms with van der Waals surface area (Å²) in [5.74, 6) is 0.817. The number of ether oxygens (including phenoxy) is 1. The van der Waals surface area contributed by atoms with Crippen LogP contribution in [0.15, 0.2) is 0 Å². The largest absolute Gasteiger partial charge is 0.384 e. The highest BCUT2D eigenvalue weighted by atomic mass is 16.5. The second kappa shape index (κ2) is 17.0. The highest BCUT2D eigenvalue weighted by molar-refractivity contribution is 4.60. The molecule has 1 atom stereocenters. The van der Waals surface area contributed by atoms with E-state index in [4.69, 9.17) is 4.74 Å². The van der Waals surface area contributed by atoms with Gasteiger partial charge in [0.05, 0.1) is 0 Å². The molecule has 1 nitrogen and oxygen atoms in total. The zero-order valence-electron chi connectivity index (χ0n) is 14.6. The summed E-state index contributed by atoms with van der Waals surface area (Å²) in [6.45, 7) is 5.55. The van der Waals surface area contributed by atoms with Gasteiger partial charge in [0.1, 0.15) is 0 Å². The first kappa shape index (κ1) is 20.0. The molecule has 0 fully saturated rings. The average Bonchev–Trinajstić information content (AvgIpc) is 2.46. The molecule has 20 heavy (non-hydrogen) atoms. The molecule has 0 rings (SSSR count). The van der Waals surface area contributed by atoms with Crippen molar-refractivity contribution in [1.29, 1.82) is 0 Å². The summed E-state index contributed by atoms with van der Waals surface area (Å²) in [7, 11) is 1.85. The van der Waals surface area contributed by atoms with Crippen molar-refractivity contribution in [2.24, 2.45) is 5.92 Å². The lowest BCUT2D eigenvalue weighted by atomic mass is 9.95. The van der Waals surface area contributed by atoms with Gasteiger partial charge >= 0.3 is 0 Å². The van der Waals surface area contributed by atoms with Crippen LogP contribution in [0.1, 0.15) is 104 Å². The van der Waals surface area contributed by atoms with Gasteiger partial charge in [-0.25, -0.2) is 0 Å². The van der Waals surface area contributed by atoms with Crippen molar-refractivity contribution in [2.45, 2.75) is 104 Å². The molecular formula is C19H40O. The Kier molecular flexibility index (Phi) is 17.0. The lowest BCUT2D eigenvalue weighted by molar-refractivity contribution is 0.140. The molecule has 0 aliphatic rings. The predicted octanol–water partition coefficient (Wildman–Crippen LogP) is 6.75. The first-order valence-electron chi connectivity index (χ1n) is 9.34. The molecule has 0 bridgehead atoms. The Morgan fingerprint density at radius 1 is 0.600 bits per heavy atom. The van der Waals surface area contributed by atoms with Gasteiger partial charge in [-0.05, 0) is 18.8 Å². The molecule has 0 saturated heterocycles. The Balaban J connectivity index is 3.40. The minimum absolute atomic E-state index is 0.817. The molecule has 0 amide bonds. The van der Waals surface area contributed by atoms with Crippen LogP contribution in [0.25, 0.3) is 0 Å². The summed E-state index contributed by atoms with van der Waals surface area (Å²) in [5.41, 5.74) is 0. The molecule has 0 aromatic heterocycles. The molecule has 0 N–H and O–H groups in total. The van der Waals surface area contributed by atoms with E-state index in [0.29, 0.717) is 0 Å². The molecule has 0 spiro atoms. The molecule has 0 saturated carbocycles. The van der Waals surface area contributed by atoms with Crippen LogP contribution >= 0.6 is 0 Å². The predicted molar refractivity (Wildman–Crippen MR) is 91.4 cm³/mol. The molecule has 0 aliphatic heterocycles. The zero-order chi connectivity index (χ0) is 14.9. The van der Waals surface area contributed by atoms with E-state index in [1.54, 1.807) is 0 Å². The third-order valence-corrected chi connectivity index (χ3v) is 4.33. The van der Waals surface area contributed by atoms with Crippen molar-refractivity contribution in [3.8, 4) is 0 Å². The quantitative estimate of drug-likeness (QED) is 0.285. The minimum atomic E-state index is 0.817. The second-order valence-electron chi connectivity index (χ2n) is 6.43. The van der Waals surface area contributed by atoms with Crippen molar-refractivity contribution in [2.75, 3.05) is 13.7 Å². The highest BCUT2D eigenvalue weighted by Crippen LogP contribution is 2.19. The lowest BCUT2D eigenvalue weighted by Gasteiger charge is -2.15. The Hall–Kier alpha value is -0.0400. The standard InChI is InChI=1S/C19H40O/c1-4-6-8-10-11-12-13-15-17-19(18-20-3)16-14-9-7-5-2/h19H,4-18H2,1-3H3. The number of hydrogen-bond donors (Lipinski definition) is 0. The van der Waals surface area contributed by atoms with Crippen molar-refractivity contribution >= 4 is 0 Å². The molecule has 122 valence electrons. The van der Waals surface area contributed by atoms with Crippen LogP contribution in [-0.4, -0.2) is 13.7 Å². The summed E-state index contributed by atoms with van der Waals surface area (Å²) in [5, 5.41) is 0. The molecule has 1 heteroatoms. The fourth-order valence-electron chi connectivity index (χ4n) is 2.97. The van der Waals surface area contributed by atoms with Crippen molar-refractivity contribution < 1.29 is 4.74 Å². The van der Waals surface area contributed by atoms with Gasteiger partial charge in [0, 0.05) is 13.7 Å². The van der Waals surface area contributed by atoms with Gasteiger partial charge in [0.2, 0.25) is 0 Å². The Bertz CT molecular complexity index is 167. The fourth-order valence-corrected chi connectivity index (χ4v) is 2.97. The number of unbranched alkanes of at least 4 members (excludes halogenated alkanes) is 10. The van der Waals surface area contributed by atoms with E-state index in [1.807, 2.05) is 7.11 Å². The summed E-state index contributed by atoms with van der Waals surface area (Å²) < 4.78 is 5.38. The molecule has 0 aliphatic carbocycles. The third-order valence-electron chi connectivity index (χ3n) is 4.33. The van der Waals surface area contributed by atoms with Gasteiger partial charge in [-0.2, -0.15) is 0 Å². The first-order valence-corrected chi connectivity index (χ1v) is 9.34. The molecule has 1 unspecified atom stereocenters. The maximum atomic E-state index is 5.38. The van der Waals surface area contributed by atoms with Crippen molar-refractivity contribution in [3.63, 3.8) is 0 Å². The maximum absolute atomic E-state index is 5.38. The smallest absolute Gasteiger partial charge is 0.0490 e. The Morgan fingerprint density at radius 3 is 1.45 bits per heavy atom. The van der Waals surface area contributed by atoms with Crippen LogP contribution in [0.3, 0.4) is 0 Å². The third kappa shape index (κ3) is 14.4. The Morgan fingerprint density at radius 2 is 1.00 bits per heavy atom. The van der Waals surface area contributed by atoms with E-state index in [-0.39, 0.29) is 0 Å². The molecule has 0 aromatic carbocycles. The van der Waals surface area contributed by atoms with Crippen LogP contribution in [-0.2, 0) is 4.74 Å². The topological polar surface area (TPSA) is 9.23 Å². The lowest BCUT2D eigenvalue weighted by Crippen LogP contribution is -2.08. The minimum Gasteiger partial charge on any atom is -0.384 e. The fraction of sp³-hybridized carbons (Fsp3) is 1.00. The van der Waals surface area contributed by atoms with Crippen molar-refractivity contribution in [1.82, 2.24) is 0 Å². The first-order chi connectivity index (χ1) is 9.85. The van der Waals surface area contributed by atoms with Crippen LogP contribution in [0.4, 0.5) is 0 Å². The van der Waals surface area contributed by atoms with Gasteiger partial charge in [0.25, 0.3) is 0 Å². The number of methoxy groups -OCH3 is 1. The maximum Gasteiger partial charge on any atom is 0.0490 e. The molecule has 0 aromatic rings. The van der Waals surface area contributed by atoms with Gasteiger partial charge < -0.3 is 4.74 Å². The van der Waals surface area contributed by atoms with Gasteiger partial charge in [-0.1, -0.05) is 90.9 Å². The summed E-state index contributed by atoms with van der Waals surface area (Å²) in [6.07, 6.45) is 19.7. The van der Waals surface area contributed by atoms with E-state index in [0.717, 1.165) is 12.5 Å². The van der Waals surface area contributed by atoms with Gasteiger partial charge in [-0.3, -0.25) is 0 Å². The molecule has 0 radical (unpaired) electrons. The van der Waals surface area contributed by atoms with E-state index >= 15 is 0 Å². The van der Waals surface area contributed by atoms with Crippen LogP contribution < -0.4 is 0 Å². The van der Waals surface area contributed by atoms with E-state index in [9.17, 15) is 0 Å². The number of hydrogen-bond acceptors (Lipinski definition) is 1. The van der Waals surface area contributed by atoms with Crippen LogP contribution in [0.5, 0.6) is 0 Å². The van der Waals surface area contributed by atoms with Crippen molar-refractivity contribution in [3.05, 3.63) is 0 Å². The van der Waals surface area contributed by atoms with E-state index in [2.05, 4.69) is 13.8 Å². The van der Waals surface area contributed by atoms with E-state index in [1.165, 1.54) is 89.9 Å². The number of rotatable bonds is 16. The Labute approximate surface area is 128 Å². The zero-order valence-corrected chi connectivity index (χ0v) is 14.6. The summed E-state index contributed by atoms with van der Waals surface area (Å²) in [4.78, 5) is 0. The molecule has 0 heterocycles. The second-order valence-corrected chi connectivity index (χ2v) is 6.43. The average molecular weight is 285 g/mol. The van der Waals surface area contributed by atoms with Gasteiger partial charge in [0.15, 0.2) is 0 Å². The summed E-state index contributed by atoms with van der Waals surface area (Å²) >= 11 is 0. The highest BCUT2D eigenvalue weighted by Gasteiger charge is 2.07. The molecular weight excluding hydrogens is 244 g/mol. The monoisotopic (exact) mass is 284 g/mol. The summed E-state index contributed by atoms with van der Waals surface area (Å²) in [6, 6.07) is 0. The van der Waals surface area contributed by atoms with Crippen LogP contribution in [0, 0.1) is 5.92 Å².